The largest absolute Gasteiger partial charge is 0.475 e. The molecule has 0 saturated carbocycles. The molecule has 12 heteroatoms. The third kappa shape index (κ3) is 10.5. The van der Waals surface area contributed by atoms with Crippen LogP contribution in [-0.4, -0.2) is 63.4 Å². The van der Waals surface area contributed by atoms with Crippen LogP contribution in [0, 0.1) is 17.2 Å². The number of hydrogen-bond acceptors (Lipinski definition) is 8. The molecule has 0 saturated heterocycles. The Balaban J connectivity index is 2.02. The molecule has 11 nitrogen and oxygen atoms in total. The van der Waals surface area contributed by atoms with Crippen LogP contribution in [0.3, 0.4) is 0 Å². The molecule has 3 amide bonds. The van der Waals surface area contributed by atoms with Crippen molar-refractivity contribution >= 4 is 24.8 Å². The number of carbonyl (C=O) groups excluding carboxylic acids is 3. The smallest absolute Gasteiger partial charge is 0.426 e. The summed E-state index contributed by atoms with van der Waals surface area (Å²) in [6, 6.07) is 9.92. The van der Waals surface area contributed by atoms with Gasteiger partial charge in [0.25, 0.3) is 11.8 Å². The monoisotopic (exact) mass is 520 g/mol. The highest BCUT2D eigenvalue weighted by Crippen LogP contribution is 2.08. The third-order valence-corrected chi connectivity index (χ3v) is 5.47. The highest BCUT2D eigenvalue weighted by Gasteiger charge is 2.29. The summed E-state index contributed by atoms with van der Waals surface area (Å²) in [6.45, 7) is 4.00. The van der Waals surface area contributed by atoms with Gasteiger partial charge >= 0.3 is 7.12 Å². The second kappa shape index (κ2) is 15.9. The zero-order chi connectivity index (χ0) is 27.9. The van der Waals surface area contributed by atoms with E-state index in [1.54, 1.807) is 30.3 Å². The molecule has 0 bridgehead atoms. The molecule has 2 atom stereocenters. The summed E-state index contributed by atoms with van der Waals surface area (Å²) in [5.41, 5.74) is 0.868. The minimum absolute atomic E-state index is 0.0292. The van der Waals surface area contributed by atoms with E-state index in [1.165, 1.54) is 18.6 Å². The van der Waals surface area contributed by atoms with Crippen LogP contribution in [-0.2, 0) is 16.0 Å². The Morgan fingerprint density at radius 2 is 1.84 bits per heavy atom. The zero-order valence-corrected chi connectivity index (χ0v) is 21.5. The van der Waals surface area contributed by atoms with Crippen molar-refractivity contribution in [3.63, 3.8) is 0 Å². The van der Waals surface area contributed by atoms with Gasteiger partial charge < -0.3 is 26.0 Å². The molecular weight excluding hydrogens is 487 g/mol. The SMILES string of the molecule is CC(C)C=C(C#N)C(=O)NCCCCC(NC(=O)c1cnccn1)C(=O)N[C@@H](Cc1ccccc1)B(O)O. The Morgan fingerprint density at radius 3 is 2.45 bits per heavy atom. The molecule has 38 heavy (non-hydrogen) atoms. The quantitative estimate of drug-likeness (QED) is 0.105. The van der Waals surface area contributed by atoms with E-state index < -0.39 is 36.8 Å². The molecule has 1 heterocycles. The van der Waals surface area contributed by atoms with Crippen molar-refractivity contribution < 1.29 is 24.4 Å². The van der Waals surface area contributed by atoms with Crippen LogP contribution in [0.4, 0.5) is 0 Å². The van der Waals surface area contributed by atoms with Crippen LogP contribution in [0.1, 0.15) is 49.2 Å². The van der Waals surface area contributed by atoms with E-state index in [4.69, 9.17) is 5.26 Å². The molecule has 0 aliphatic rings. The summed E-state index contributed by atoms with van der Waals surface area (Å²) in [5.74, 6) is -2.61. The van der Waals surface area contributed by atoms with Crippen molar-refractivity contribution in [3.8, 4) is 6.07 Å². The molecule has 0 fully saturated rings. The summed E-state index contributed by atoms with van der Waals surface area (Å²) in [6.07, 6.45) is 6.93. The maximum absolute atomic E-state index is 13.1. The van der Waals surface area contributed by atoms with Gasteiger partial charge in [-0.25, -0.2) is 4.98 Å². The van der Waals surface area contributed by atoms with Gasteiger partial charge in [0, 0.05) is 18.9 Å². The maximum atomic E-state index is 13.1. The number of benzene rings is 1. The Bertz CT molecular complexity index is 1120. The first-order valence-corrected chi connectivity index (χ1v) is 12.4. The highest BCUT2D eigenvalue weighted by atomic mass is 16.4. The molecule has 2 aromatic rings. The van der Waals surface area contributed by atoms with E-state index in [1.807, 2.05) is 26.0 Å². The first kappa shape index (κ1) is 30.2. The van der Waals surface area contributed by atoms with Crippen LogP contribution in [0.15, 0.2) is 60.6 Å². The van der Waals surface area contributed by atoms with Gasteiger partial charge in [-0.3, -0.25) is 19.4 Å². The van der Waals surface area contributed by atoms with Crippen LogP contribution in [0.5, 0.6) is 0 Å². The lowest BCUT2D eigenvalue weighted by Crippen LogP contribution is -2.54. The van der Waals surface area contributed by atoms with Gasteiger partial charge in [-0.1, -0.05) is 50.3 Å². The topological polar surface area (TPSA) is 177 Å². The molecule has 0 radical (unpaired) electrons. The van der Waals surface area contributed by atoms with E-state index in [9.17, 15) is 24.4 Å². The number of nitrogens with one attached hydrogen (secondary N) is 3. The average molecular weight is 520 g/mol. The van der Waals surface area contributed by atoms with E-state index in [0.717, 1.165) is 5.56 Å². The molecule has 1 aromatic heterocycles. The van der Waals surface area contributed by atoms with Crippen molar-refractivity contribution in [1.29, 1.82) is 5.26 Å². The first-order valence-electron chi connectivity index (χ1n) is 12.4. The fraction of sp³-hybridized carbons (Fsp3) is 0.385. The summed E-state index contributed by atoms with van der Waals surface area (Å²) >= 11 is 0. The summed E-state index contributed by atoms with van der Waals surface area (Å²) in [4.78, 5) is 45.8. The average Bonchev–Trinajstić information content (AvgIpc) is 2.91. The maximum Gasteiger partial charge on any atom is 0.475 e. The summed E-state index contributed by atoms with van der Waals surface area (Å²) < 4.78 is 0. The van der Waals surface area contributed by atoms with Crippen molar-refractivity contribution in [2.45, 2.75) is 51.5 Å². The van der Waals surface area contributed by atoms with Gasteiger partial charge in [-0.15, -0.1) is 0 Å². The Labute approximate surface area is 222 Å². The van der Waals surface area contributed by atoms with Gasteiger partial charge in [-0.2, -0.15) is 5.26 Å². The lowest BCUT2D eigenvalue weighted by molar-refractivity contribution is -0.123. The van der Waals surface area contributed by atoms with Crippen molar-refractivity contribution in [3.05, 3.63) is 71.8 Å². The van der Waals surface area contributed by atoms with Gasteiger partial charge in [0.15, 0.2) is 0 Å². The molecule has 5 N–H and O–H groups in total. The van der Waals surface area contributed by atoms with Crippen molar-refractivity contribution in [2.24, 2.45) is 5.92 Å². The standard InChI is InChI=1S/C26H33BN6O5/c1-18(2)14-20(16-28)24(34)31-11-7-6-10-21(32-26(36)22-17-29-12-13-30-22)25(35)33-23(27(37)38)15-19-8-4-3-5-9-19/h3-5,8-9,12-14,17-18,21,23,37-38H,6-7,10-11,15H2,1-2H3,(H,31,34)(H,32,36)(H,33,35)/t21?,23-/m0/s1. The fourth-order valence-corrected chi connectivity index (χ4v) is 3.57. The normalized spacial score (nSPS) is 12.7. The van der Waals surface area contributed by atoms with Gasteiger partial charge in [-0.05, 0) is 37.2 Å². The van der Waals surface area contributed by atoms with E-state index in [0.29, 0.717) is 12.8 Å². The molecular formula is C26H33BN6O5. The molecule has 2 rings (SSSR count). The summed E-state index contributed by atoms with van der Waals surface area (Å²) in [7, 11) is -1.82. The van der Waals surface area contributed by atoms with Gasteiger partial charge in [0.05, 0.1) is 12.1 Å². The van der Waals surface area contributed by atoms with Gasteiger partial charge in [0.2, 0.25) is 5.91 Å². The number of nitriles is 1. The van der Waals surface area contributed by atoms with Crippen LogP contribution >= 0.6 is 0 Å². The molecule has 0 spiro atoms. The van der Waals surface area contributed by atoms with Crippen LogP contribution in [0.2, 0.25) is 0 Å². The third-order valence-electron chi connectivity index (χ3n) is 5.47. The number of nitrogens with zero attached hydrogens (tertiary/aromatic N) is 3. The number of unbranched alkanes of at least 4 members (excludes halogenated alkanes) is 1. The molecule has 0 aliphatic carbocycles. The molecule has 1 unspecified atom stereocenters. The van der Waals surface area contributed by atoms with Crippen molar-refractivity contribution in [2.75, 3.05) is 6.54 Å². The van der Waals surface area contributed by atoms with Gasteiger partial charge in [0.1, 0.15) is 23.4 Å². The summed E-state index contributed by atoms with van der Waals surface area (Å²) in [5, 5.41) is 36.8. The Morgan fingerprint density at radius 1 is 1.11 bits per heavy atom. The number of allylic oxidation sites excluding steroid dienone is 1. The predicted molar refractivity (Wildman–Crippen MR) is 141 cm³/mol. The number of aromatic nitrogens is 2. The van der Waals surface area contributed by atoms with E-state index in [-0.39, 0.29) is 36.6 Å². The first-order chi connectivity index (χ1) is 18.2. The number of amides is 3. The van der Waals surface area contributed by atoms with E-state index in [2.05, 4.69) is 25.9 Å². The fourth-order valence-electron chi connectivity index (χ4n) is 3.57. The minimum Gasteiger partial charge on any atom is -0.426 e. The molecule has 0 aliphatic heterocycles. The number of rotatable bonds is 14. The molecule has 200 valence electrons. The number of carbonyl (C=O) groups is 3. The van der Waals surface area contributed by atoms with Crippen LogP contribution < -0.4 is 16.0 Å². The minimum atomic E-state index is -1.82. The lowest BCUT2D eigenvalue weighted by atomic mass is 9.75. The second-order valence-corrected chi connectivity index (χ2v) is 9.02. The van der Waals surface area contributed by atoms with Crippen LogP contribution in [0.25, 0.3) is 0 Å². The Kier molecular flexibility index (Phi) is 12.6. The highest BCUT2D eigenvalue weighted by molar-refractivity contribution is 6.43. The van der Waals surface area contributed by atoms with Crippen molar-refractivity contribution in [1.82, 2.24) is 25.9 Å². The zero-order valence-electron chi connectivity index (χ0n) is 21.5. The second-order valence-electron chi connectivity index (χ2n) is 9.02. The van der Waals surface area contributed by atoms with E-state index >= 15 is 0 Å². The Hall–Kier alpha value is -4.08. The number of hydrogen-bond donors (Lipinski definition) is 5. The molecule has 1 aromatic carbocycles. The predicted octanol–water partition coefficient (Wildman–Crippen LogP) is 0.707. The lowest BCUT2D eigenvalue weighted by Gasteiger charge is -2.23.